The number of hydrogen-bond acceptors (Lipinski definition) is 8. The number of carbonyl (C=O) groups excluding carboxylic acids is 2. The number of nitrogens with zero attached hydrogens (tertiary/aromatic N) is 1. The first-order valence-electron chi connectivity index (χ1n) is 15.1. The molecule has 3 aromatic carbocycles. The molecule has 11 heteroatoms. The predicted molar refractivity (Wildman–Crippen MR) is 172 cm³/mol. The van der Waals surface area contributed by atoms with Crippen molar-refractivity contribution in [1.82, 2.24) is 10.8 Å². The van der Waals surface area contributed by atoms with Gasteiger partial charge in [0.2, 0.25) is 11.8 Å². The highest BCUT2D eigenvalue weighted by Gasteiger charge is 2.32. The lowest BCUT2D eigenvalue weighted by molar-refractivity contribution is -0.645. The summed E-state index contributed by atoms with van der Waals surface area (Å²) in [6.45, 7) is 0.301. The number of hydroxylamine groups is 1. The summed E-state index contributed by atoms with van der Waals surface area (Å²) in [6.07, 6.45) is 1.63. The molecule has 10 nitrogen and oxygen atoms in total. The SMILES string of the molecule is O=C(CCCC(=O)NCc1ccccc1-c1ccc(C2OC(CSc3cccc[n+]3[O-])CC(c3ccc(CO)cc3)O2)cc1)NO. The van der Waals surface area contributed by atoms with Crippen LogP contribution in [0.15, 0.2) is 102 Å². The Morgan fingerprint density at radius 3 is 2.35 bits per heavy atom. The number of pyridine rings is 1. The topological polar surface area (TPSA) is 144 Å². The Hall–Kier alpha value is -4.26. The zero-order chi connectivity index (χ0) is 32.3. The molecule has 5 rings (SSSR count). The second-order valence-electron chi connectivity index (χ2n) is 11.0. The smallest absolute Gasteiger partial charge is 0.251 e. The van der Waals surface area contributed by atoms with E-state index in [2.05, 4.69) is 5.32 Å². The largest absolute Gasteiger partial charge is 0.618 e. The maximum atomic E-state index is 12.3. The number of hydrogen-bond donors (Lipinski definition) is 4. The van der Waals surface area contributed by atoms with Crippen molar-refractivity contribution in [2.24, 2.45) is 0 Å². The molecule has 3 atom stereocenters. The minimum Gasteiger partial charge on any atom is -0.618 e. The Morgan fingerprint density at radius 1 is 0.891 bits per heavy atom. The average molecular weight is 644 g/mol. The first kappa shape index (κ1) is 33.1. The van der Waals surface area contributed by atoms with Crippen molar-refractivity contribution >= 4 is 23.6 Å². The molecule has 1 aromatic heterocycles. The molecule has 0 radical (unpaired) electrons. The van der Waals surface area contributed by atoms with Crippen molar-refractivity contribution in [2.45, 2.75) is 62.4 Å². The zero-order valence-corrected chi connectivity index (χ0v) is 26.0. The maximum Gasteiger partial charge on any atom is 0.251 e. The molecule has 240 valence electrons. The van der Waals surface area contributed by atoms with Gasteiger partial charge in [-0.3, -0.25) is 14.8 Å². The predicted octanol–water partition coefficient (Wildman–Crippen LogP) is 5.11. The molecule has 0 aliphatic carbocycles. The minimum absolute atomic E-state index is 0.0313. The molecule has 4 aromatic rings. The average Bonchev–Trinajstić information content (AvgIpc) is 3.10. The van der Waals surface area contributed by atoms with Gasteiger partial charge < -0.3 is 25.1 Å². The number of aromatic nitrogens is 1. The van der Waals surface area contributed by atoms with Gasteiger partial charge in [0.15, 0.2) is 12.5 Å². The van der Waals surface area contributed by atoms with E-state index in [0.29, 0.717) is 30.2 Å². The van der Waals surface area contributed by atoms with E-state index in [1.54, 1.807) is 17.6 Å². The van der Waals surface area contributed by atoms with Crippen LogP contribution in [0.2, 0.25) is 0 Å². The van der Waals surface area contributed by atoms with Crippen LogP contribution >= 0.6 is 11.8 Å². The Morgan fingerprint density at radius 2 is 1.61 bits per heavy atom. The van der Waals surface area contributed by atoms with E-state index >= 15 is 0 Å². The van der Waals surface area contributed by atoms with Crippen molar-refractivity contribution in [3.8, 4) is 11.1 Å². The van der Waals surface area contributed by atoms with Gasteiger partial charge >= 0.3 is 0 Å². The van der Waals surface area contributed by atoms with E-state index < -0.39 is 12.2 Å². The second-order valence-corrected chi connectivity index (χ2v) is 12.0. The van der Waals surface area contributed by atoms with E-state index in [4.69, 9.17) is 14.7 Å². The molecule has 2 amide bonds. The molecule has 1 aliphatic heterocycles. The van der Waals surface area contributed by atoms with E-state index in [0.717, 1.165) is 38.1 Å². The van der Waals surface area contributed by atoms with Gasteiger partial charge in [-0.1, -0.05) is 84.6 Å². The molecule has 2 heterocycles. The molecule has 0 spiro atoms. The van der Waals surface area contributed by atoms with Gasteiger partial charge in [-0.2, -0.15) is 4.73 Å². The van der Waals surface area contributed by atoms with E-state index in [1.807, 2.05) is 78.9 Å². The molecule has 0 bridgehead atoms. The lowest BCUT2D eigenvalue weighted by atomic mass is 9.97. The molecule has 46 heavy (non-hydrogen) atoms. The van der Waals surface area contributed by atoms with Crippen molar-refractivity contribution in [3.05, 3.63) is 125 Å². The Kier molecular flexibility index (Phi) is 11.8. The van der Waals surface area contributed by atoms with Gasteiger partial charge in [-0.05, 0) is 40.3 Å². The van der Waals surface area contributed by atoms with Crippen LogP contribution in [-0.4, -0.2) is 34.0 Å². The van der Waals surface area contributed by atoms with Crippen LogP contribution in [0.5, 0.6) is 0 Å². The fraction of sp³-hybridized carbons (Fsp3) is 0.286. The first-order chi connectivity index (χ1) is 22.4. The standard InChI is InChI=1S/C35H37N3O7S/c39-22-24-11-13-26(14-12-24)31-20-29(23-46-34-10-3-4-19-38(34)43)44-35(45-31)27-17-15-25(16-18-27)30-7-2-1-6-28(30)21-36-32(40)8-5-9-33(41)37-42/h1-4,6-7,10-19,29,31,35,39,42H,5,8-9,20-23H2,(H,36,40)(H,37,41). The molecule has 1 fully saturated rings. The number of benzene rings is 3. The first-order valence-corrected chi connectivity index (χ1v) is 16.1. The van der Waals surface area contributed by atoms with E-state index in [9.17, 15) is 19.9 Å². The molecule has 4 N–H and O–H groups in total. The molecule has 1 saturated heterocycles. The number of aliphatic hydroxyl groups excluding tert-OH is 1. The van der Waals surface area contributed by atoms with Crippen molar-refractivity contribution < 1.29 is 34.1 Å². The zero-order valence-electron chi connectivity index (χ0n) is 25.2. The van der Waals surface area contributed by atoms with Crippen molar-refractivity contribution in [3.63, 3.8) is 0 Å². The summed E-state index contributed by atoms with van der Waals surface area (Å²) in [5, 5.41) is 33.8. The van der Waals surface area contributed by atoms with Crippen LogP contribution < -0.4 is 15.5 Å². The second kappa shape index (κ2) is 16.3. The number of nitrogens with one attached hydrogen (secondary N) is 2. The monoisotopic (exact) mass is 643 g/mol. The summed E-state index contributed by atoms with van der Waals surface area (Å²) in [7, 11) is 0. The van der Waals surface area contributed by atoms with Crippen LogP contribution in [0.25, 0.3) is 11.1 Å². The summed E-state index contributed by atoms with van der Waals surface area (Å²) < 4.78 is 13.8. The number of aliphatic hydroxyl groups is 1. The summed E-state index contributed by atoms with van der Waals surface area (Å²) >= 11 is 1.45. The number of rotatable bonds is 13. The van der Waals surface area contributed by atoms with Crippen LogP contribution in [0.4, 0.5) is 0 Å². The van der Waals surface area contributed by atoms with Crippen LogP contribution in [0.3, 0.4) is 0 Å². The molecule has 3 unspecified atom stereocenters. The van der Waals surface area contributed by atoms with E-state index in [-0.39, 0.29) is 37.6 Å². The van der Waals surface area contributed by atoms with Crippen LogP contribution in [0, 0.1) is 5.21 Å². The Labute approximate surface area is 271 Å². The van der Waals surface area contributed by atoms with Gasteiger partial charge in [0.1, 0.15) is 0 Å². The van der Waals surface area contributed by atoms with Crippen molar-refractivity contribution in [1.29, 1.82) is 0 Å². The van der Waals surface area contributed by atoms with Crippen LogP contribution in [0.1, 0.15) is 60.3 Å². The maximum absolute atomic E-state index is 12.3. The third-order valence-corrected chi connectivity index (χ3v) is 8.89. The number of ether oxygens (including phenoxy) is 2. The minimum atomic E-state index is -0.631. The van der Waals surface area contributed by atoms with Crippen molar-refractivity contribution in [2.75, 3.05) is 5.75 Å². The molecular weight excluding hydrogens is 606 g/mol. The van der Waals surface area contributed by atoms with E-state index in [1.165, 1.54) is 18.0 Å². The summed E-state index contributed by atoms with van der Waals surface area (Å²) in [6, 6.07) is 28.8. The van der Waals surface area contributed by atoms with Gasteiger partial charge in [0, 0.05) is 49.3 Å². The van der Waals surface area contributed by atoms with Crippen LogP contribution in [-0.2, 0) is 32.2 Å². The lowest BCUT2D eigenvalue weighted by Crippen LogP contribution is -2.32. The highest BCUT2D eigenvalue weighted by Crippen LogP contribution is 2.39. The van der Waals surface area contributed by atoms with Gasteiger partial charge in [0.25, 0.3) is 5.03 Å². The van der Waals surface area contributed by atoms with Gasteiger partial charge in [-0.25, -0.2) is 5.48 Å². The van der Waals surface area contributed by atoms with Gasteiger partial charge in [-0.15, -0.1) is 0 Å². The third-order valence-electron chi connectivity index (χ3n) is 7.74. The normalized spacial score (nSPS) is 17.7. The lowest BCUT2D eigenvalue weighted by Gasteiger charge is -2.36. The third kappa shape index (κ3) is 8.93. The Balaban J connectivity index is 1.28. The number of carbonyl (C=O) groups is 2. The number of amides is 2. The molecular formula is C35H37N3O7S. The highest BCUT2D eigenvalue weighted by atomic mass is 32.2. The molecule has 1 aliphatic rings. The fourth-order valence-corrected chi connectivity index (χ4v) is 6.18. The highest BCUT2D eigenvalue weighted by molar-refractivity contribution is 7.99. The summed E-state index contributed by atoms with van der Waals surface area (Å²) in [4.78, 5) is 23.5. The quantitative estimate of drug-likeness (QED) is 0.0518. The fourth-order valence-electron chi connectivity index (χ4n) is 5.25. The van der Waals surface area contributed by atoms with Gasteiger partial charge in [0.05, 0.1) is 18.8 Å². The molecule has 0 saturated carbocycles. The number of thioether (sulfide) groups is 1. The summed E-state index contributed by atoms with van der Waals surface area (Å²) in [5.41, 5.74) is 7.13. The Bertz CT molecular complexity index is 1600. The summed E-state index contributed by atoms with van der Waals surface area (Å²) in [5.74, 6) is -0.118.